The van der Waals surface area contributed by atoms with Gasteiger partial charge in [0.1, 0.15) is 24.7 Å². The molecule has 7 nitrogen and oxygen atoms in total. The highest BCUT2D eigenvalue weighted by atomic mass is 16.5. The van der Waals surface area contributed by atoms with Gasteiger partial charge in [0.25, 0.3) is 0 Å². The van der Waals surface area contributed by atoms with Crippen molar-refractivity contribution in [3.8, 4) is 11.5 Å². The number of Topliss-reactive ketones (excluding diaryl/α,β-unsaturated/α-hetero) is 1. The molecule has 2 aromatic carbocycles. The molecule has 0 spiro atoms. The Balaban J connectivity index is 1.88. The van der Waals surface area contributed by atoms with Crippen molar-refractivity contribution in [3.05, 3.63) is 70.8 Å². The number of benzene rings is 2. The van der Waals surface area contributed by atoms with Crippen molar-refractivity contribution >= 4 is 23.9 Å². The predicted octanol–water partition coefficient (Wildman–Crippen LogP) is 4.75. The Kier molecular flexibility index (Phi) is 10.7. The largest absolute Gasteiger partial charge is 0.491 e. The van der Waals surface area contributed by atoms with Crippen molar-refractivity contribution < 1.29 is 33.3 Å². The minimum atomic E-state index is -0.428. The number of hydrogen-bond acceptors (Lipinski definition) is 7. The van der Waals surface area contributed by atoms with E-state index in [1.807, 2.05) is 60.7 Å². The second-order valence-electron chi connectivity index (χ2n) is 8.35. The van der Waals surface area contributed by atoms with E-state index in [-0.39, 0.29) is 11.8 Å². The summed E-state index contributed by atoms with van der Waals surface area (Å²) in [5, 5.41) is 0. The number of methoxy groups -OCH3 is 2. The summed E-state index contributed by atoms with van der Waals surface area (Å²) in [6, 6.07) is 15.0. The molecule has 0 aromatic heterocycles. The average Bonchev–Trinajstić information content (AvgIpc) is 2.87. The van der Waals surface area contributed by atoms with Gasteiger partial charge in [-0.3, -0.25) is 9.59 Å². The number of rotatable bonds is 12. The van der Waals surface area contributed by atoms with Crippen molar-refractivity contribution in [2.45, 2.75) is 19.8 Å². The Bertz CT molecular complexity index is 1010. The molecule has 1 aliphatic carbocycles. The maximum absolute atomic E-state index is 13.5. The smallest absolute Gasteiger partial charge is 0.309 e. The Morgan fingerprint density at radius 2 is 1.33 bits per heavy atom. The lowest BCUT2D eigenvalue weighted by Crippen LogP contribution is -2.27. The molecule has 2 aromatic rings. The van der Waals surface area contributed by atoms with Crippen LogP contribution in [0.4, 0.5) is 0 Å². The third-order valence-corrected chi connectivity index (χ3v) is 5.65. The van der Waals surface area contributed by atoms with Crippen LogP contribution >= 0.6 is 0 Å². The maximum atomic E-state index is 13.5. The van der Waals surface area contributed by atoms with Crippen molar-refractivity contribution in [2.75, 3.05) is 47.3 Å². The monoisotopic (exact) mass is 494 g/mol. The van der Waals surface area contributed by atoms with Gasteiger partial charge < -0.3 is 23.7 Å². The van der Waals surface area contributed by atoms with Crippen LogP contribution in [0.15, 0.2) is 59.7 Å². The van der Waals surface area contributed by atoms with Gasteiger partial charge >= 0.3 is 5.97 Å². The van der Waals surface area contributed by atoms with Crippen molar-refractivity contribution in [2.24, 2.45) is 5.92 Å². The molecule has 36 heavy (non-hydrogen) atoms. The molecular formula is C29H34O7. The lowest BCUT2D eigenvalue weighted by atomic mass is 9.79. The standard InChI is InChI=1S/C29H34O7/c1-4-34-29(31)25-19-23(15-21-7-5-9-26(17-21)35-13-11-32-2)28(30)24(20-25)16-22-8-6-10-27(18-22)36-14-12-33-3/h5-10,15-18,25H,4,11-14,19-20H2,1-3H3/b23-15-,24-16+. The number of allylic oxidation sites excluding steroid dienone is 2. The van der Waals surface area contributed by atoms with E-state index < -0.39 is 5.92 Å². The Morgan fingerprint density at radius 1 is 0.833 bits per heavy atom. The van der Waals surface area contributed by atoms with E-state index in [1.165, 1.54) is 0 Å². The zero-order valence-electron chi connectivity index (χ0n) is 21.2. The molecule has 0 radical (unpaired) electrons. The van der Waals surface area contributed by atoms with Gasteiger partial charge in [-0.05, 0) is 67.3 Å². The van der Waals surface area contributed by atoms with Gasteiger partial charge in [-0.1, -0.05) is 24.3 Å². The van der Waals surface area contributed by atoms with E-state index in [9.17, 15) is 9.59 Å². The summed E-state index contributed by atoms with van der Waals surface area (Å²) < 4.78 is 26.7. The van der Waals surface area contributed by atoms with Crippen LogP contribution in [-0.2, 0) is 23.8 Å². The number of hydrogen-bond donors (Lipinski definition) is 0. The first-order valence-electron chi connectivity index (χ1n) is 12.1. The van der Waals surface area contributed by atoms with Crippen LogP contribution in [-0.4, -0.2) is 59.0 Å². The van der Waals surface area contributed by atoms with E-state index >= 15 is 0 Å². The number of ketones is 1. The van der Waals surface area contributed by atoms with Gasteiger partial charge in [0.15, 0.2) is 5.78 Å². The molecule has 1 atom stereocenters. The summed E-state index contributed by atoms with van der Waals surface area (Å²) in [6.07, 6.45) is 4.30. The van der Waals surface area contributed by atoms with E-state index in [1.54, 1.807) is 21.1 Å². The fourth-order valence-electron chi connectivity index (χ4n) is 3.95. The first-order valence-corrected chi connectivity index (χ1v) is 12.1. The summed E-state index contributed by atoms with van der Waals surface area (Å²) in [5.74, 6) is 0.574. The molecule has 0 N–H and O–H groups in total. The fraction of sp³-hybridized carbons (Fsp3) is 0.379. The fourth-order valence-corrected chi connectivity index (χ4v) is 3.95. The molecule has 1 fully saturated rings. The van der Waals surface area contributed by atoms with Gasteiger partial charge in [-0.25, -0.2) is 0 Å². The number of ether oxygens (including phenoxy) is 5. The lowest BCUT2D eigenvalue weighted by molar-refractivity contribution is -0.148. The Labute approximate surface area is 212 Å². The second-order valence-corrected chi connectivity index (χ2v) is 8.35. The van der Waals surface area contributed by atoms with Crippen LogP contribution in [0.2, 0.25) is 0 Å². The highest BCUT2D eigenvalue weighted by molar-refractivity contribution is 6.14. The molecule has 192 valence electrons. The van der Waals surface area contributed by atoms with Gasteiger partial charge in [0, 0.05) is 25.4 Å². The highest BCUT2D eigenvalue weighted by Crippen LogP contribution is 2.34. The van der Waals surface area contributed by atoms with Crippen molar-refractivity contribution in [1.82, 2.24) is 0 Å². The number of carbonyl (C=O) groups excluding carboxylic acids is 2. The molecule has 1 unspecified atom stereocenters. The lowest BCUT2D eigenvalue weighted by Gasteiger charge is -2.24. The highest BCUT2D eigenvalue weighted by Gasteiger charge is 2.33. The zero-order chi connectivity index (χ0) is 25.8. The molecular weight excluding hydrogens is 460 g/mol. The summed E-state index contributed by atoms with van der Waals surface area (Å²) in [7, 11) is 3.24. The summed E-state index contributed by atoms with van der Waals surface area (Å²) in [6.45, 7) is 3.91. The zero-order valence-corrected chi connectivity index (χ0v) is 21.2. The molecule has 1 aliphatic rings. The van der Waals surface area contributed by atoms with Gasteiger partial charge in [-0.2, -0.15) is 0 Å². The van der Waals surface area contributed by atoms with E-state index in [0.717, 1.165) is 11.1 Å². The van der Waals surface area contributed by atoms with Crippen LogP contribution in [0.5, 0.6) is 11.5 Å². The van der Waals surface area contributed by atoms with Crippen molar-refractivity contribution in [3.63, 3.8) is 0 Å². The molecule has 0 saturated heterocycles. The molecule has 7 heteroatoms. The molecule has 3 rings (SSSR count). The minimum absolute atomic E-state index is 0.0769. The van der Waals surface area contributed by atoms with Crippen LogP contribution in [0, 0.1) is 5.92 Å². The average molecular weight is 495 g/mol. The number of carbonyl (C=O) groups is 2. The molecule has 1 saturated carbocycles. The Hall–Kier alpha value is -3.42. The third kappa shape index (κ3) is 8.07. The van der Waals surface area contributed by atoms with Gasteiger partial charge in [0.05, 0.1) is 25.7 Å². The Morgan fingerprint density at radius 3 is 1.78 bits per heavy atom. The SMILES string of the molecule is CCOC(=O)C1C/C(=C/c2cccc(OCCOC)c2)C(=O)/C(=C/c2cccc(OCCOC)c2)C1. The minimum Gasteiger partial charge on any atom is -0.491 e. The summed E-state index contributed by atoms with van der Waals surface area (Å²) in [4.78, 5) is 26.1. The van der Waals surface area contributed by atoms with Crippen LogP contribution in [0.25, 0.3) is 12.2 Å². The second kappa shape index (κ2) is 14.2. The van der Waals surface area contributed by atoms with Crippen LogP contribution in [0.3, 0.4) is 0 Å². The number of esters is 1. The van der Waals surface area contributed by atoms with E-state index in [0.29, 0.717) is 68.5 Å². The summed E-state index contributed by atoms with van der Waals surface area (Å²) >= 11 is 0. The van der Waals surface area contributed by atoms with Gasteiger partial charge in [-0.15, -0.1) is 0 Å². The molecule has 0 heterocycles. The van der Waals surface area contributed by atoms with E-state index in [4.69, 9.17) is 23.7 Å². The first-order chi connectivity index (χ1) is 17.5. The predicted molar refractivity (Wildman–Crippen MR) is 138 cm³/mol. The third-order valence-electron chi connectivity index (χ3n) is 5.65. The van der Waals surface area contributed by atoms with Crippen LogP contribution < -0.4 is 9.47 Å². The maximum Gasteiger partial charge on any atom is 0.309 e. The van der Waals surface area contributed by atoms with Gasteiger partial charge in [0.2, 0.25) is 0 Å². The normalized spacial score (nSPS) is 17.9. The van der Waals surface area contributed by atoms with E-state index in [2.05, 4.69) is 0 Å². The molecule has 0 bridgehead atoms. The molecule has 0 aliphatic heterocycles. The van der Waals surface area contributed by atoms with Crippen molar-refractivity contribution in [1.29, 1.82) is 0 Å². The quantitative estimate of drug-likeness (QED) is 0.239. The molecule has 0 amide bonds. The topological polar surface area (TPSA) is 80.3 Å². The summed E-state index contributed by atoms with van der Waals surface area (Å²) in [5.41, 5.74) is 2.77. The van der Waals surface area contributed by atoms with Crippen LogP contribution in [0.1, 0.15) is 30.9 Å². The first kappa shape index (κ1) is 27.2.